The number of fused-ring (bicyclic) bond motifs is 1. The molecule has 38 heavy (non-hydrogen) atoms. The fraction of sp³-hybridized carbons (Fsp3) is 0.321. The third-order valence-electron chi connectivity index (χ3n) is 6.26. The zero-order chi connectivity index (χ0) is 26.5. The number of hydrogen-bond donors (Lipinski definition) is 1. The number of nitrogens with one attached hydrogen (secondary N) is 1. The third-order valence-corrected chi connectivity index (χ3v) is 7.17. The van der Waals surface area contributed by atoms with Gasteiger partial charge in [0.2, 0.25) is 11.1 Å². The Morgan fingerprint density at radius 1 is 1.08 bits per heavy atom. The average molecular weight is 532 g/mol. The highest BCUT2D eigenvalue weighted by molar-refractivity contribution is 8.27. The largest absolute Gasteiger partial charge is 0.493 e. The van der Waals surface area contributed by atoms with Crippen molar-refractivity contribution in [3.05, 3.63) is 65.2 Å². The second-order valence-corrected chi connectivity index (χ2v) is 10.3. The number of thioether (sulfide) groups is 1. The van der Waals surface area contributed by atoms with Gasteiger partial charge in [-0.15, -0.1) is 0 Å². The summed E-state index contributed by atoms with van der Waals surface area (Å²) >= 11 is 1.17. The van der Waals surface area contributed by atoms with Gasteiger partial charge in [-0.1, -0.05) is 24.3 Å². The molecule has 0 radical (unpaired) electrons. The standard InChI is InChI=1S/C28H29N5O4S/c1-19-6-4-7-22(16-19)37-15-5-14-36-21-10-8-20(9-11-21)17-23-26(29)33-28(30-27(23)35)38-24(31-33)18-25(34)32-12-2-3-13-32/h4,6-11,16-17,29H,2-3,5,12-15,18H2,1H3. The van der Waals surface area contributed by atoms with Crippen molar-refractivity contribution in [3.63, 3.8) is 0 Å². The van der Waals surface area contributed by atoms with Gasteiger partial charge in [-0.25, -0.2) is 0 Å². The van der Waals surface area contributed by atoms with Crippen molar-refractivity contribution in [1.82, 2.24) is 9.91 Å². The smallest absolute Gasteiger partial charge is 0.283 e. The Balaban J connectivity index is 1.14. The van der Waals surface area contributed by atoms with E-state index in [-0.39, 0.29) is 23.7 Å². The fourth-order valence-electron chi connectivity index (χ4n) is 4.28. The Morgan fingerprint density at radius 2 is 1.82 bits per heavy atom. The van der Waals surface area contributed by atoms with Gasteiger partial charge in [0.25, 0.3) is 5.91 Å². The molecule has 0 aliphatic carbocycles. The molecular formula is C28H29N5O4S. The first kappa shape index (κ1) is 25.7. The number of carbonyl (C=O) groups is 2. The van der Waals surface area contributed by atoms with Gasteiger partial charge in [-0.2, -0.15) is 15.1 Å². The molecule has 0 bridgehead atoms. The molecule has 196 valence electrons. The number of hydrogen-bond acceptors (Lipinski definition) is 7. The molecule has 10 heteroatoms. The van der Waals surface area contributed by atoms with Crippen LogP contribution in [0.15, 0.2) is 64.2 Å². The summed E-state index contributed by atoms with van der Waals surface area (Å²) in [6.07, 6.45) is 4.56. The summed E-state index contributed by atoms with van der Waals surface area (Å²) in [5, 5.41) is 15.1. The Bertz CT molecular complexity index is 1330. The van der Waals surface area contributed by atoms with Crippen LogP contribution >= 0.6 is 11.8 Å². The number of likely N-dealkylation sites (tertiary alicyclic amines) is 1. The van der Waals surface area contributed by atoms with Gasteiger partial charge in [0.1, 0.15) is 16.5 Å². The molecule has 2 aromatic rings. The van der Waals surface area contributed by atoms with Crippen molar-refractivity contribution in [2.45, 2.75) is 32.6 Å². The SMILES string of the molecule is Cc1cccc(OCCCOc2ccc(C=C3C(=N)N4N=C(CC(=O)N5CCCC5)SC4=NC3=O)cc2)c1. The number of nitrogens with zero attached hydrogens (tertiary/aromatic N) is 4. The number of aliphatic imine (C=N–C) groups is 1. The van der Waals surface area contributed by atoms with Crippen LogP contribution in [0.5, 0.6) is 11.5 Å². The van der Waals surface area contributed by atoms with Gasteiger partial charge in [-0.3, -0.25) is 15.0 Å². The molecule has 3 aliphatic heterocycles. The van der Waals surface area contributed by atoms with E-state index >= 15 is 0 Å². The molecule has 0 atom stereocenters. The first-order chi connectivity index (χ1) is 18.5. The van der Waals surface area contributed by atoms with E-state index in [9.17, 15) is 9.59 Å². The Morgan fingerprint density at radius 3 is 2.55 bits per heavy atom. The zero-order valence-electron chi connectivity index (χ0n) is 21.2. The first-order valence-electron chi connectivity index (χ1n) is 12.7. The number of carbonyl (C=O) groups excluding carboxylic acids is 2. The lowest BCUT2D eigenvalue weighted by molar-refractivity contribution is -0.128. The minimum atomic E-state index is -0.495. The molecule has 3 heterocycles. The van der Waals surface area contributed by atoms with Crippen LogP contribution in [0, 0.1) is 12.3 Å². The van der Waals surface area contributed by atoms with E-state index in [0.29, 0.717) is 29.2 Å². The predicted octanol–water partition coefficient (Wildman–Crippen LogP) is 4.47. The molecule has 0 spiro atoms. The Hall–Kier alpha value is -3.92. The normalized spacial score (nSPS) is 18.0. The van der Waals surface area contributed by atoms with Crippen LogP contribution in [0.2, 0.25) is 0 Å². The number of benzene rings is 2. The number of ether oxygens (including phenoxy) is 2. The molecule has 1 N–H and O–H groups in total. The molecule has 0 saturated carbocycles. The van der Waals surface area contributed by atoms with Crippen LogP contribution in [-0.4, -0.2) is 64.1 Å². The van der Waals surface area contributed by atoms with Crippen LogP contribution < -0.4 is 9.47 Å². The van der Waals surface area contributed by atoms with Gasteiger partial charge in [-0.05, 0) is 73.0 Å². The fourth-order valence-corrected chi connectivity index (χ4v) is 5.16. The van der Waals surface area contributed by atoms with Gasteiger partial charge < -0.3 is 14.4 Å². The number of amides is 2. The molecular weight excluding hydrogens is 502 g/mol. The summed E-state index contributed by atoms with van der Waals surface area (Å²) in [6, 6.07) is 15.2. The maximum Gasteiger partial charge on any atom is 0.283 e. The number of amidine groups is 2. The van der Waals surface area contributed by atoms with Crippen molar-refractivity contribution in [2.75, 3.05) is 26.3 Å². The molecule has 9 nitrogen and oxygen atoms in total. The Labute approximate surface area is 225 Å². The molecule has 2 aromatic carbocycles. The predicted molar refractivity (Wildman–Crippen MR) is 149 cm³/mol. The molecule has 0 unspecified atom stereocenters. The lowest BCUT2D eigenvalue weighted by atomic mass is 10.1. The van der Waals surface area contributed by atoms with Crippen molar-refractivity contribution in [1.29, 1.82) is 5.41 Å². The highest BCUT2D eigenvalue weighted by Gasteiger charge is 2.36. The summed E-state index contributed by atoms with van der Waals surface area (Å²) in [6.45, 7) is 4.65. The number of hydrazone groups is 1. The van der Waals surface area contributed by atoms with Crippen LogP contribution in [0.25, 0.3) is 6.08 Å². The van der Waals surface area contributed by atoms with Crippen molar-refractivity contribution < 1.29 is 19.1 Å². The van der Waals surface area contributed by atoms with Gasteiger partial charge in [0.05, 0.1) is 25.2 Å². The Kier molecular flexibility index (Phi) is 7.88. The van der Waals surface area contributed by atoms with Gasteiger partial charge >= 0.3 is 0 Å². The minimum Gasteiger partial charge on any atom is -0.493 e. The highest BCUT2D eigenvalue weighted by Crippen LogP contribution is 2.30. The van der Waals surface area contributed by atoms with E-state index in [1.807, 2.05) is 60.4 Å². The quantitative estimate of drug-likeness (QED) is 0.378. The van der Waals surface area contributed by atoms with Crippen LogP contribution in [0.1, 0.15) is 36.8 Å². The molecule has 5 rings (SSSR count). The van der Waals surface area contributed by atoms with E-state index in [1.54, 1.807) is 6.08 Å². The molecule has 2 amide bonds. The maximum absolute atomic E-state index is 12.7. The minimum absolute atomic E-state index is 0.0175. The van der Waals surface area contributed by atoms with E-state index in [0.717, 1.165) is 49.2 Å². The first-order valence-corrected chi connectivity index (χ1v) is 13.5. The monoisotopic (exact) mass is 531 g/mol. The average Bonchev–Trinajstić information content (AvgIpc) is 3.58. The summed E-state index contributed by atoms with van der Waals surface area (Å²) in [5.74, 6) is 1.03. The third kappa shape index (κ3) is 6.13. The summed E-state index contributed by atoms with van der Waals surface area (Å²) in [5.41, 5.74) is 2.05. The second-order valence-electron chi connectivity index (χ2n) is 9.21. The topological polar surface area (TPSA) is 108 Å². The van der Waals surface area contributed by atoms with E-state index in [2.05, 4.69) is 10.1 Å². The van der Waals surface area contributed by atoms with Crippen molar-refractivity contribution in [3.8, 4) is 11.5 Å². The summed E-state index contributed by atoms with van der Waals surface area (Å²) in [4.78, 5) is 31.1. The second kappa shape index (κ2) is 11.6. The number of aryl methyl sites for hydroxylation is 1. The van der Waals surface area contributed by atoms with Crippen molar-refractivity contribution in [2.24, 2.45) is 10.1 Å². The van der Waals surface area contributed by atoms with Crippen LogP contribution in [0.4, 0.5) is 0 Å². The maximum atomic E-state index is 12.7. The van der Waals surface area contributed by atoms with E-state index in [1.165, 1.54) is 16.8 Å². The van der Waals surface area contributed by atoms with Crippen LogP contribution in [-0.2, 0) is 9.59 Å². The summed E-state index contributed by atoms with van der Waals surface area (Å²) < 4.78 is 11.5. The molecule has 3 aliphatic rings. The highest BCUT2D eigenvalue weighted by atomic mass is 32.2. The van der Waals surface area contributed by atoms with Crippen LogP contribution in [0.3, 0.4) is 0 Å². The number of rotatable bonds is 9. The van der Waals surface area contributed by atoms with Crippen molar-refractivity contribution >= 4 is 45.7 Å². The molecule has 1 fully saturated rings. The molecule has 0 aromatic heterocycles. The van der Waals surface area contributed by atoms with E-state index in [4.69, 9.17) is 14.9 Å². The van der Waals surface area contributed by atoms with E-state index < -0.39 is 5.91 Å². The van der Waals surface area contributed by atoms with Gasteiger partial charge in [0.15, 0.2) is 5.84 Å². The lowest BCUT2D eigenvalue weighted by Crippen LogP contribution is -2.35. The molecule has 1 saturated heterocycles. The van der Waals surface area contributed by atoms with Gasteiger partial charge in [0, 0.05) is 19.5 Å². The lowest BCUT2D eigenvalue weighted by Gasteiger charge is -2.20. The zero-order valence-corrected chi connectivity index (χ0v) is 22.0. The summed E-state index contributed by atoms with van der Waals surface area (Å²) in [7, 11) is 0.